The molecular weight excluding hydrogens is 218 g/mol. The maximum absolute atomic E-state index is 4.34. The van der Waals surface area contributed by atoms with Crippen LogP contribution in [0.2, 0.25) is 0 Å². The smallest absolute Gasteiger partial charge is 0.0939 e. The molecule has 1 aromatic rings. The third kappa shape index (κ3) is 4.18. The summed E-state index contributed by atoms with van der Waals surface area (Å²) < 4.78 is 1.97. The Labute approximate surface area is 103 Å². The monoisotopic (exact) mass is 241 g/mol. The van der Waals surface area contributed by atoms with Crippen LogP contribution in [-0.2, 0) is 7.05 Å². The first-order chi connectivity index (χ1) is 7.67. The fraction of sp³-hybridized carbons (Fsp3) is 0.750. The van der Waals surface area contributed by atoms with E-state index in [0.29, 0.717) is 6.04 Å². The molecule has 0 saturated heterocycles. The SMILES string of the molecule is CCC(CCCSc1cc(C)nn1C)NC. The van der Waals surface area contributed by atoms with Gasteiger partial charge in [0.15, 0.2) is 0 Å². The molecule has 0 bridgehead atoms. The molecule has 92 valence electrons. The minimum Gasteiger partial charge on any atom is -0.317 e. The van der Waals surface area contributed by atoms with Crippen molar-refractivity contribution in [2.24, 2.45) is 7.05 Å². The number of nitrogens with zero attached hydrogens (tertiary/aromatic N) is 2. The van der Waals surface area contributed by atoms with E-state index in [2.05, 4.69) is 23.4 Å². The molecule has 0 spiro atoms. The Bertz CT molecular complexity index is 305. The van der Waals surface area contributed by atoms with Gasteiger partial charge in [-0.15, -0.1) is 11.8 Å². The van der Waals surface area contributed by atoms with Crippen molar-refractivity contribution in [2.45, 2.75) is 44.2 Å². The van der Waals surface area contributed by atoms with Gasteiger partial charge in [-0.05, 0) is 45.1 Å². The van der Waals surface area contributed by atoms with Gasteiger partial charge in [0, 0.05) is 13.1 Å². The molecule has 3 nitrogen and oxygen atoms in total. The van der Waals surface area contributed by atoms with Gasteiger partial charge in [-0.1, -0.05) is 6.92 Å². The van der Waals surface area contributed by atoms with Gasteiger partial charge in [0.05, 0.1) is 10.7 Å². The summed E-state index contributed by atoms with van der Waals surface area (Å²) in [6.07, 6.45) is 3.73. The third-order valence-corrected chi connectivity index (χ3v) is 3.98. The zero-order valence-corrected chi connectivity index (χ0v) is 11.6. The van der Waals surface area contributed by atoms with Crippen LogP contribution in [0.4, 0.5) is 0 Å². The van der Waals surface area contributed by atoms with Crippen molar-refractivity contribution in [1.29, 1.82) is 0 Å². The molecule has 1 unspecified atom stereocenters. The van der Waals surface area contributed by atoms with Gasteiger partial charge >= 0.3 is 0 Å². The molecular formula is C12H23N3S. The number of nitrogens with one attached hydrogen (secondary N) is 1. The summed E-state index contributed by atoms with van der Waals surface area (Å²) in [5.41, 5.74) is 1.10. The minimum absolute atomic E-state index is 0.675. The first kappa shape index (κ1) is 13.6. The van der Waals surface area contributed by atoms with E-state index in [1.807, 2.05) is 37.5 Å². The average molecular weight is 241 g/mol. The molecule has 1 aromatic heterocycles. The van der Waals surface area contributed by atoms with E-state index in [4.69, 9.17) is 0 Å². The Hall–Kier alpha value is -0.480. The number of thioether (sulfide) groups is 1. The van der Waals surface area contributed by atoms with Crippen molar-refractivity contribution in [3.05, 3.63) is 11.8 Å². The second-order valence-electron chi connectivity index (χ2n) is 4.13. The topological polar surface area (TPSA) is 29.9 Å². The molecule has 0 aliphatic carbocycles. The lowest BCUT2D eigenvalue weighted by Crippen LogP contribution is -2.23. The Morgan fingerprint density at radius 3 is 2.81 bits per heavy atom. The number of hydrogen-bond donors (Lipinski definition) is 1. The van der Waals surface area contributed by atoms with Gasteiger partial charge < -0.3 is 5.32 Å². The highest BCUT2D eigenvalue weighted by Crippen LogP contribution is 2.20. The number of aryl methyl sites for hydroxylation is 2. The van der Waals surface area contributed by atoms with E-state index >= 15 is 0 Å². The lowest BCUT2D eigenvalue weighted by atomic mass is 10.1. The van der Waals surface area contributed by atoms with Crippen LogP contribution in [0.3, 0.4) is 0 Å². The summed E-state index contributed by atoms with van der Waals surface area (Å²) in [5, 5.41) is 8.95. The van der Waals surface area contributed by atoms with Gasteiger partial charge in [-0.3, -0.25) is 4.68 Å². The summed E-state index contributed by atoms with van der Waals surface area (Å²) in [5.74, 6) is 1.18. The molecule has 1 heterocycles. The highest BCUT2D eigenvalue weighted by Gasteiger charge is 2.04. The van der Waals surface area contributed by atoms with Crippen LogP contribution in [0, 0.1) is 6.92 Å². The van der Waals surface area contributed by atoms with Crippen LogP contribution in [0.1, 0.15) is 31.9 Å². The normalized spacial score (nSPS) is 13.0. The second-order valence-corrected chi connectivity index (χ2v) is 5.25. The minimum atomic E-state index is 0.675. The molecule has 16 heavy (non-hydrogen) atoms. The molecule has 4 heteroatoms. The van der Waals surface area contributed by atoms with E-state index in [9.17, 15) is 0 Å². The molecule has 0 saturated carbocycles. The summed E-state index contributed by atoms with van der Waals surface area (Å²) in [7, 11) is 4.06. The maximum Gasteiger partial charge on any atom is 0.0939 e. The van der Waals surface area contributed by atoms with Gasteiger partial charge in [0.25, 0.3) is 0 Å². The number of rotatable bonds is 7. The molecule has 0 aliphatic heterocycles. The molecule has 1 atom stereocenters. The fourth-order valence-electron chi connectivity index (χ4n) is 1.78. The van der Waals surface area contributed by atoms with E-state index in [0.717, 1.165) is 5.69 Å². The van der Waals surface area contributed by atoms with Gasteiger partial charge in [0.2, 0.25) is 0 Å². The average Bonchev–Trinajstić information content (AvgIpc) is 2.58. The molecule has 0 fully saturated rings. The van der Waals surface area contributed by atoms with Crippen LogP contribution in [0.5, 0.6) is 0 Å². The van der Waals surface area contributed by atoms with Gasteiger partial charge in [0.1, 0.15) is 0 Å². The quantitative estimate of drug-likeness (QED) is 0.588. The van der Waals surface area contributed by atoms with Crippen molar-refractivity contribution in [3.8, 4) is 0 Å². The molecule has 1 rings (SSSR count). The standard InChI is InChI=1S/C12H23N3S/c1-5-11(13-3)7-6-8-16-12-9-10(2)14-15(12)4/h9,11,13H,5-8H2,1-4H3. The number of hydrogen-bond acceptors (Lipinski definition) is 3. The summed E-state index contributed by atoms with van der Waals surface area (Å²) in [6.45, 7) is 4.27. The first-order valence-corrected chi connectivity index (χ1v) is 6.96. The van der Waals surface area contributed by atoms with Crippen molar-refractivity contribution in [1.82, 2.24) is 15.1 Å². The van der Waals surface area contributed by atoms with Crippen molar-refractivity contribution in [2.75, 3.05) is 12.8 Å². The lowest BCUT2D eigenvalue weighted by Gasteiger charge is -2.12. The second kappa shape index (κ2) is 6.97. The fourth-order valence-corrected chi connectivity index (χ4v) is 2.78. The Morgan fingerprint density at radius 2 is 2.31 bits per heavy atom. The maximum atomic E-state index is 4.34. The van der Waals surface area contributed by atoms with Crippen molar-refractivity contribution in [3.63, 3.8) is 0 Å². The van der Waals surface area contributed by atoms with Crippen LogP contribution in [-0.4, -0.2) is 28.6 Å². The first-order valence-electron chi connectivity index (χ1n) is 5.98. The van der Waals surface area contributed by atoms with Crippen LogP contribution < -0.4 is 5.32 Å². The van der Waals surface area contributed by atoms with E-state index < -0.39 is 0 Å². The highest BCUT2D eigenvalue weighted by atomic mass is 32.2. The van der Waals surface area contributed by atoms with Crippen LogP contribution >= 0.6 is 11.8 Å². The Balaban J connectivity index is 2.23. The van der Waals surface area contributed by atoms with Crippen molar-refractivity contribution >= 4 is 11.8 Å². The lowest BCUT2D eigenvalue weighted by molar-refractivity contribution is 0.504. The summed E-state index contributed by atoms with van der Waals surface area (Å²) in [6, 6.07) is 2.83. The summed E-state index contributed by atoms with van der Waals surface area (Å²) >= 11 is 1.90. The van der Waals surface area contributed by atoms with Crippen molar-refractivity contribution < 1.29 is 0 Å². The number of aromatic nitrogens is 2. The third-order valence-electron chi connectivity index (χ3n) is 2.81. The van der Waals surface area contributed by atoms with Crippen LogP contribution in [0.15, 0.2) is 11.1 Å². The predicted molar refractivity (Wildman–Crippen MR) is 71.0 cm³/mol. The summed E-state index contributed by atoms with van der Waals surface area (Å²) in [4.78, 5) is 0. The van der Waals surface area contributed by atoms with E-state index in [1.54, 1.807) is 0 Å². The van der Waals surface area contributed by atoms with Gasteiger partial charge in [-0.2, -0.15) is 5.10 Å². The molecule has 0 aliphatic rings. The highest BCUT2D eigenvalue weighted by molar-refractivity contribution is 7.99. The van der Waals surface area contributed by atoms with E-state index in [1.165, 1.54) is 30.0 Å². The Morgan fingerprint density at radius 1 is 1.56 bits per heavy atom. The van der Waals surface area contributed by atoms with E-state index in [-0.39, 0.29) is 0 Å². The zero-order valence-electron chi connectivity index (χ0n) is 10.8. The van der Waals surface area contributed by atoms with Crippen LogP contribution in [0.25, 0.3) is 0 Å². The molecule has 0 radical (unpaired) electrons. The molecule has 0 aromatic carbocycles. The van der Waals surface area contributed by atoms with Gasteiger partial charge in [-0.25, -0.2) is 0 Å². The Kier molecular flexibility index (Phi) is 5.91. The molecule has 1 N–H and O–H groups in total. The predicted octanol–water partition coefficient (Wildman–Crippen LogP) is 2.60. The molecule has 0 amide bonds. The largest absolute Gasteiger partial charge is 0.317 e. The zero-order chi connectivity index (χ0) is 12.0.